The summed E-state index contributed by atoms with van der Waals surface area (Å²) >= 11 is 0. The fourth-order valence-electron chi connectivity index (χ4n) is 1.71. The molecule has 0 fully saturated rings. The van der Waals surface area contributed by atoms with Crippen LogP contribution in [0.4, 0.5) is 20.2 Å². The Bertz CT molecular complexity index is 568. The van der Waals surface area contributed by atoms with Gasteiger partial charge in [-0.05, 0) is 42.8 Å². The van der Waals surface area contributed by atoms with Crippen LogP contribution < -0.4 is 11.1 Å². The van der Waals surface area contributed by atoms with Gasteiger partial charge in [-0.2, -0.15) is 0 Å². The van der Waals surface area contributed by atoms with E-state index in [4.69, 9.17) is 5.73 Å². The van der Waals surface area contributed by atoms with E-state index >= 15 is 0 Å². The van der Waals surface area contributed by atoms with Gasteiger partial charge in [0.1, 0.15) is 11.6 Å². The molecule has 0 spiro atoms. The average molecular weight is 248 g/mol. The summed E-state index contributed by atoms with van der Waals surface area (Å²) in [6.07, 6.45) is 0. The third-order valence-corrected chi connectivity index (χ3v) is 2.68. The van der Waals surface area contributed by atoms with Gasteiger partial charge in [0, 0.05) is 12.1 Å². The van der Waals surface area contributed by atoms with Crippen LogP contribution in [0.1, 0.15) is 11.1 Å². The lowest BCUT2D eigenvalue weighted by atomic mass is 10.1. The minimum atomic E-state index is -0.454. The van der Waals surface area contributed by atoms with E-state index in [0.717, 1.165) is 17.7 Å². The second-order valence-electron chi connectivity index (χ2n) is 4.18. The Balaban J connectivity index is 2.13. The summed E-state index contributed by atoms with van der Waals surface area (Å²) in [5.74, 6) is -0.889. The van der Waals surface area contributed by atoms with Gasteiger partial charge in [0.15, 0.2) is 0 Å². The molecule has 0 bridgehead atoms. The van der Waals surface area contributed by atoms with Crippen molar-refractivity contribution in [2.24, 2.45) is 0 Å². The smallest absolute Gasteiger partial charge is 0.128 e. The van der Waals surface area contributed by atoms with Gasteiger partial charge in [-0.15, -0.1) is 0 Å². The van der Waals surface area contributed by atoms with E-state index < -0.39 is 11.6 Å². The zero-order valence-electron chi connectivity index (χ0n) is 10.0. The van der Waals surface area contributed by atoms with Crippen molar-refractivity contribution in [3.8, 4) is 0 Å². The van der Waals surface area contributed by atoms with Crippen LogP contribution in [0.25, 0.3) is 0 Å². The van der Waals surface area contributed by atoms with E-state index in [0.29, 0.717) is 11.4 Å². The minimum Gasteiger partial charge on any atom is -0.397 e. The summed E-state index contributed by atoms with van der Waals surface area (Å²) in [6.45, 7) is 2.13. The maximum Gasteiger partial charge on any atom is 0.128 e. The second kappa shape index (κ2) is 5.04. The Kier molecular flexibility index (Phi) is 3.46. The number of rotatable bonds is 3. The minimum absolute atomic E-state index is 0.191. The molecule has 2 nitrogen and oxygen atoms in total. The Morgan fingerprint density at radius 3 is 2.61 bits per heavy atom. The Hall–Kier alpha value is -2.10. The SMILES string of the molecule is Cc1ccc(NCc2cc(F)ccc2F)c(N)c1. The van der Waals surface area contributed by atoms with Crippen LogP contribution in [-0.4, -0.2) is 0 Å². The number of nitrogens with two attached hydrogens (primary N) is 1. The van der Waals surface area contributed by atoms with Crippen molar-refractivity contribution in [3.05, 3.63) is 59.2 Å². The number of hydrogen-bond donors (Lipinski definition) is 2. The number of hydrogen-bond acceptors (Lipinski definition) is 2. The third-order valence-electron chi connectivity index (χ3n) is 2.68. The van der Waals surface area contributed by atoms with Crippen molar-refractivity contribution in [2.75, 3.05) is 11.1 Å². The number of benzene rings is 2. The molecule has 0 aliphatic heterocycles. The molecule has 2 rings (SSSR count). The van der Waals surface area contributed by atoms with E-state index in [2.05, 4.69) is 5.32 Å². The van der Waals surface area contributed by atoms with Crippen molar-refractivity contribution in [3.63, 3.8) is 0 Å². The average Bonchev–Trinajstić information content (AvgIpc) is 2.32. The van der Waals surface area contributed by atoms with Gasteiger partial charge in [0.25, 0.3) is 0 Å². The lowest BCUT2D eigenvalue weighted by molar-refractivity contribution is 0.587. The molecule has 2 aromatic carbocycles. The standard InChI is InChI=1S/C14H14F2N2/c1-9-2-5-14(13(17)6-9)18-8-10-7-11(15)3-4-12(10)16/h2-7,18H,8,17H2,1H3. The fourth-order valence-corrected chi connectivity index (χ4v) is 1.71. The lowest BCUT2D eigenvalue weighted by Crippen LogP contribution is -2.04. The van der Waals surface area contributed by atoms with Crippen molar-refractivity contribution in [1.29, 1.82) is 0 Å². The van der Waals surface area contributed by atoms with Crippen LogP contribution in [0, 0.1) is 18.6 Å². The molecule has 0 heterocycles. The van der Waals surface area contributed by atoms with Gasteiger partial charge in [0.2, 0.25) is 0 Å². The zero-order chi connectivity index (χ0) is 13.1. The first kappa shape index (κ1) is 12.4. The molecule has 0 aromatic heterocycles. The molecule has 0 aliphatic carbocycles. The van der Waals surface area contributed by atoms with Crippen LogP contribution in [0.15, 0.2) is 36.4 Å². The first-order valence-corrected chi connectivity index (χ1v) is 5.60. The van der Waals surface area contributed by atoms with Crippen molar-refractivity contribution >= 4 is 11.4 Å². The van der Waals surface area contributed by atoms with Crippen LogP contribution >= 0.6 is 0 Å². The van der Waals surface area contributed by atoms with Gasteiger partial charge >= 0.3 is 0 Å². The summed E-state index contributed by atoms with van der Waals surface area (Å²) in [5, 5.41) is 2.99. The lowest BCUT2D eigenvalue weighted by Gasteiger charge is -2.10. The number of nitrogens with one attached hydrogen (secondary N) is 1. The van der Waals surface area contributed by atoms with Crippen LogP contribution in [0.3, 0.4) is 0 Å². The number of halogens is 2. The molecule has 4 heteroatoms. The topological polar surface area (TPSA) is 38.0 Å². The molecule has 2 aromatic rings. The molecule has 94 valence electrons. The second-order valence-corrected chi connectivity index (χ2v) is 4.18. The maximum absolute atomic E-state index is 13.4. The quantitative estimate of drug-likeness (QED) is 0.816. The highest BCUT2D eigenvalue weighted by atomic mass is 19.1. The van der Waals surface area contributed by atoms with Crippen LogP contribution in [0.2, 0.25) is 0 Å². The highest BCUT2D eigenvalue weighted by Gasteiger charge is 2.05. The molecular weight excluding hydrogens is 234 g/mol. The van der Waals surface area contributed by atoms with Crippen molar-refractivity contribution in [2.45, 2.75) is 13.5 Å². The highest BCUT2D eigenvalue weighted by Crippen LogP contribution is 2.20. The van der Waals surface area contributed by atoms with Gasteiger partial charge in [-0.25, -0.2) is 8.78 Å². The summed E-state index contributed by atoms with van der Waals surface area (Å²) < 4.78 is 26.4. The summed E-state index contributed by atoms with van der Waals surface area (Å²) in [5.41, 5.74) is 8.45. The Morgan fingerprint density at radius 2 is 1.89 bits per heavy atom. The molecule has 0 unspecified atom stereocenters. The van der Waals surface area contributed by atoms with E-state index in [1.165, 1.54) is 6.07 Å². The molecule has 3 N–H and O–H groups in total. The normalized spacial score (nSPS) is 10.4. The van der Waals surface area contributed by atoms with Gasteiger partial charge in [-0.3, -0.25) is 0 Å². The van der Waals surface area contributed by atoms with Gasteiger partial charge < -0.3 is 11.1 Å². The van der Waals surface area contributed by atoms with Gasteiger partial charge in [0.05, 0.1) is 11.4 Å². The molecule has 0 aliphatic rings. The first-order chi connectivity index (χ1) is 8.56. The van der Waals surface area contributed by atoms with E-state index in [9.17, 15) is 8.78 Å². The summed E-state index contributed by atoms with van der Waals surface area (Å²) in [4.78, 5) is 0. The predicted molar refractivity (Wildman–Crippen MR) is 69.3 cm³/mol. The zero-order valence-corrected chi connectivity index (χ0v) is 10.0. The van der Waals surface area contributed by atoms with E-state index in [1.807, 2.05) is 25.1 Å². The molecule has 18 heavy (non-hydrogen) atoms. The maximum atomic E-state index is 13.4. The monoisotopic (exact) mass is 248 g/mol. The van der Waals surface area contributed by atoms with Crippen molar-refractivity contribution in [1.82, 2.24) is 0 Å². The Morgan fingerprint density at radius 1 is 1.11 bits per heavy atom. The predicted octanol–water partition coefficient (Wildman–Crippen LogP) is 3.47. The molecule has 0 saturated carbocycles. The highest BCUT2D eigenvalue weighted by molar-refractivity contribution is 5.66. The van der Waals surface area contributed by atoms with E-state index in [1.54, 1.807) is 0 Å². The largest absolute Gasteiger partial charge is 0.397 e. The molecule has 0 radical (unpaired) electrons. The van der Waals surface area contributed by atoms with E-state index in [-0.39, 0.29) is 12.1 Å². The first-order valence-electron chi connectivity index (χ1n) is 5.60. The summed E-state index contributed by atoms with van der Waals surface area (Å²) in [6, 6.07) is 8.93. The fraction of sp³-hybridized carbons (Fsp3) is 0.143. The summed E-state index contributed by atoms with van der Waals surface area (Å²) in [7, 11) is 0. The van der Waals surface area contributed by atoms with Crippen molar-refractivity contribution < 1.29 is 8.78 Å². The van der Waals surface area contributed by atoms with Crippen LogP contribution in [-0.2, 0) is 6.54 Å². The number of nitrogen functional groups attached to an aromatic ring is 1. The molecular formula is C14H14F2N2. The molecule has 0 atom stereocenters. The van der Waals surface area contributed by atoms with Gasteiger partial charge in [-0.1, -0.05) is 6.07 Å². The molecule has 0 saturated heterocycles. The number of aryl methyl sites for hydroxylation is 1. The Labute approximate surface area is 104 Å². The molecule has 0 amide bonds. The number of anilines is 2. The third kappa shape index (κ3) is 2.77. The van der Waals surface area contributed by atoms with Crippen LogP contribution in [0.5, 0.6) is 0 Å².